The summed E-state index contributed by atoms with van der Waals surface area (Å²) in [5.41, 5.74) is 1.17. The van der Waals surface area contributed by atoms with Crippen LogP contribution in [0.15, 0.2) is 36.4 Å². The van der Waals surface area contributed by atoms with Crippen LogP contribution in [0.2, 0.25) is 0 Å². The Labute approximate surface area is 97.6 Å². The predicted molar refractivity (Wildman–Crippen MR) is 66.8 cm³/mol. The second-order valence-corrected chi connectivity index (χ2v) is 3.67. The molecule has 0 saturated heterocycles. The molecule has 0 aliphatic carbocycles. The lowest BCUT2D eigenvalue weighted by Crippen LogP contribution is -1.99. The van der Waals surface area contributed by atoms with Gasteiger partial charge in [-0.15, -0.1) is 0 Å². The summed E-state index contributed by atoms with van der Waals surface area (Å²) in [6.45, 7) is 3.02. The second kappa shape index (κ2) is 7.94. The average Bonchev–Trinajstić information content (AvgIpc) is 2.32. The van der Waals surface area contributed by atoms with E-state index in [4.69, 9.17) is 9.84 Å². The summed E-state index contributed by atoms with van der Waals surface area (Å²) in [5, 5.41) is 8.67. The maximum absolute atomic E-state index is 8.67. The highest BCUT2D eigenvalue weighted by Crippen LogP contribution is 2.19. The summed E-state index contributed by atoms with van der Waals surface area (Å²) in [5.74, 6) is 0.957. The van der Waals surface area contributed by atoms with Crippen LogP contribution in [0.5, 0.6) is 5.75 Å². The molecule has 1 aromatic carbocycles. The van der Waals surface area contributed by atoms with E-state index >= 15 is 0 Å². The molecule has 2 heteroatoms. The molecule has 0 bridgehead atoms. The molecule has 1 N–H and O–H groups in total. The first-order chi connectivity index (χ1) is 7.88. The Morgan fingerprint density at radius 2 is 2.06 bits per heavy atom. The summed E-state index contributed by atoms with van der Waals surface area (Å²) in [6.07, 6.45) is 6.75. The van der Waals surface area contributed by atoms with E-state index in [9.17, 15) is 0 Å². The van der Waals surface area contributed by atoms with Crippen LogP contribution < -0.4 is 4.74 Å². The SMILES string of the molecule is CCCCOc1ccccc1C/C=C/CO. The molecule has 0 aromatic heterocycles. The lowest BCUT2D eigenvalue weighted by atomic mass is 10.1. The Hall–Kier alpha value is -1.28. The summed E-state index contributed by atoms with van der Waals surface area (Å²) >= 11 is 0. The smallest absolute Gasteiger partial charge is 0.122 e. The van der Waals surface area contributed by atoms with Gasteiger partial charge in [0.15, 0.2) is 0 Å². The normalized spacial score (nSPS) is 10.9. The van der Waals surface area contributed by atoms with Gasteiger partial charge in [0.05, 0.1) is 13.2 Å². The van der Waals surface area contributed by atoms with Crippen molar-refractivity contribution in [2.24, 2.45) is 0 Å². The maximum Gasteiger partial charge on any atom is 0.122 e. The highest BCUT2D eigenvalue weighted by Gasteiger charge is 2.00. The van der Waals surface area contributed by atoms with Gasteiger partial charge in [-0.3, -0.25) is 0 Å². The van der Waals surface area contributed by atoms with Gasteiger partial charge in [0, 0.05) is 0 Å². The van der Waals surface area contributed by atoms with Crippen molar-refractivity contribution >= 4 is 0 Å². The third-order valence-electron chi connectivity index (χ3n) is 2.34. The van der Waals surface area contributed by atoms with Crippen LogP contribution >= 0.6 is 0 Å². The zero-order valence-corrected chi connectivity index (χ0v) is 9.86. The lowest BCUT2D eigenvalue weighted by Gasteiger charge is -2.09. The van der Waals surface area contributed by atoms with Crippen LogP contribution in [0, 0.1) is 0 Å². The fourth-order valence-corrected chi connectivity index (χ4v) is 1.42. The van der Waals surface area contributed by atoms with E-state index in [2.05, 4.69) is 13.0 Å². The minimum absolute atomic E-state index is 0.0961. The van der Waals surface area contributed by atoms with E-state index in [0.717, 1.165) is 31.6 Å². The van der Waals surface area contributed by atoms with E-state index in [1.807, 2.05) is 24.3 Å². The van der Waals surface area contributed by atoms with Gasteiger partial charge in [-0.1, -0.05) is 43.7 Å². The Morgan fingerprint density at radius 1 is 1.25 bits per heavy atom. The zero-order valence-electron chi connectivity index (χ0n) is 9.86. The first-order valence-electron chi connectivity index (χ1n) is 5.85. The third kappa shape index (κ3) is 4.49. The molecule has 0 saturated carbocycles. The molecule has 0 aliphatic rings. The van der Waals surface area contributed by atoms with E-state index in [1.54, 1.807) is 6.08 Å². The maximum atomic E-state index is 8.67. The first kappa shape index (κ1) is 12.8. The number of allylic oxidation sites excluding steroid dienone is 1. The molecule has 0 fully saturated rings. The molecule has 0 unspecified atom stereocenters. The number of hydrogen-bond donors (Lipinski definition) is 1. The zero-order chi connectivity index (χ0) is 11.6. The standard InChI is InChI=1S/C14H20O2/c1-2-3-12-16-14-10-5-4-8-13(14)9-6-7-11-15/h4-8,10,15H,2-3,9,11-12H2,1H3/b7-6+. The monoisotopic (exact) mass is 220 g/mol. The summed E-state index contributed by atoms with van der Waals surface area (Å²) in [7, 11) is 0. The molecule has 0 heterocycles. The molecule has 0 amide bonds. The molecule has 0 atom stereocenters. The van der Waals surface area contributed by atoms with Crippen molar-refractivity contribution in [1.82, 2.24) is 0 Å². The average molecular weight is 220 g/mol. The van der Waals surface area contributed by atoms with Crippen LogP contribution in [-0.2, 0) is 6.42 Å². The topological polar surface area (TPSA) is 29.5 Å². The van der Waals surface area contributed by atoms with E-state index in [-0.39, 0.29) is 6.61 Å². The molecule has 0 aliphatic heterocycles. The number of unbranched alkanes of at least 4 members (excludes halogenated alkanes) is 1. The van der Waals surface area contributed by atoms with Crippen molar-refractivity contribution in [2.75, 3.05) is 13.2 Å². The molecule has 0 radical (unpaired) electrons. The second-order valence-electron chi connectivity index (χ2n) is 3.67. The Balaban J connectivity index is 2.56. The van der Waals surface area contributed by atoms with Crippen molar-refractivity contribution in [3.63, 3.8) is 0 Å². The molecule has 88 valence electrons. The fourth-order valence-electron chi connectivity index (χ4n) is 1.42. The Morgan fingerprint density at radius 3 is 2.81 bits per heavy atom. The number of hydrogen-bond acceptors (Lipinski definition) is 2. The Bertz CT molecular complexity index is 318. The number of ether oxygens (including phenoxy) is 1. The number of aliphatic hydroxyl groups excluding tert-OH is 1. The molecule has 2 nitrogen and oxygen atoms in total. The van der Waals surface area contributed by atoms with Gasteiger partial charge >= 0.3 is 0 Å². The molecular weight excluding hydrogens is 200 g/mol. The number of benzene rings is 1. The van der Waals surface area contributed by atoms with Gasteiger partial charge in [-0.05, 0) is 24.5 Å². The van der Waals surface area contributed by atoms with Crippen LogP contribution in [0.3, 0.4) is 0 Å². The van der Waals surface area contributed by atoms with Crippen molar-refractivity contribution in [2.45, 2.75) is 26.2 Å². The predicted octanol–water partition coefficient (Wildman–Crippen LogP) is 2.96. The van der Waals surface area contributed by atoms with Crippen molar-refractivity contribution in [1.29, 1.82) is 0 Å². The summed E-state index contributed by atoms with van der Waals surface area (Å²) in [4.78, 5) is 0. The summed E-state index contributed by atoms with van der Waals surface area (Å²) in [6, 6.07) is 8.05. The van der Waals surface area contributed by atoms with Gasteiger partial charge < -0.3 is 9.84 Å². The highest BCUT2D eigenvalue weighted by molar-refractivity contribution is 5.34. The van der Waals surface area contributed by atoms with E-state index in [0.29, 0.717) is 0 Å². The fraction of sp³-hybridized carbons (Fsp3) is 0.429. The van der Waals surface area contributed by atoms with Gasteiger partial charge in [-0.2, -0.15) is 0 Å². The third-order valence-corrected chi connectivity index (χ3v) is 2.34. The van der Waals surface area contributed by atoms with Crippen LogP contribution in [0.1, 0.15) is 25.3 Å². The van der Waals surface area contributed by atoms with Crippen LogP contribution in [0.25, 0.3) is 0 Å². The number of aliphatic hydroxyl groups is 1. The van der Waals surface area contributed by atoms with Crippen molar-refractivity contribution in [3.8, 4) is 5.75 Å². The Kier molecular flexibility index (Phi) is 6.35. The highest BCUT2D eigenvalue weighted by atomic mass is 16.5. The molecule has 1 aromatic rings. The lowest BCUT2D eigenvalue weighted by molar-refractivity contribution is 0.307. The van der Waals surface area contributed by atoms with E-state index in [1.165, 1.54) is 5.56 Å². The molecule has 0 spiro atoms. The van der Waals surface area contributed by atoms with Crippen molar-refractivity contribution in [3.05, 3.63) is 42.0 Å². The molecule has 1 rings (SSSR count). The van der Waals surface area contributed by atoms with Gasteiger partial charge in [0.25, 0.3) is 0 Å². The van der Waals surface area contributed by atoms with Gasteiger partial charge in [-0.25, -0.2) is 0 Å². The van der Waals surface area contributed by atoms with Crippen LogP contribution in [0.4, 0.5) is 0 Å². The van der Waals surface area contributed by atoms with E-state index < -0.39 is 0 Å². The first-order valence-corrected chi connectivity index (χ1v) is 5.85. The minimum atomic E-state index is 0.0961. The largest absolute Gasteiger partial charge is 0.493 e. The quantitative estimate of drug-likeness (QED) is 0.565. The van der Waals surface area contributed by atoms with Crippen LogP contribution in [-0.4, -0.2) is 18.3 Å². The summed E-state index contributed by atoms with van der Waals surface area (Å²) < 4.78 is 5.71. The van der Waals surface area contributed by atoms with Crippen molar-refractivity contribution < 1.29 is 9.84 Å². The number of rotatable bonds is 7. The van der Waals surface area contributed by atoms with Gasteiger partial charge in [0.1, 0.15) is 5.75 Å². The molecular formula is C14H20O2. The van der Waals surface area contributed by atoms with Gasteiger partial charge in [0.2, 0.25) is 0 Å². The molecule has 16 heavy (non-hydrogen) atoms. The minimum Gasteiger partial charge on any atom is -0.493 e. The number of para-hydroxylation sites is 1.